The van der Waals surface area contributed by atoms with Gasteiger partial charge < -0.3 is 14.2 Å². The third kappa shape index (κ3) is 3.21. The molecule has 3 rings (SSSR count). The van der Waals surface area contributed by atoms with E-state index in [-0.39, 0.29) is 5.78 Å². The summed E-state index contributed by atoms with van der Waals surface area (Å²) in [6.07, 6.45) is 1.33. The minimum Gasteiger partial charge on any atom is -0.493 e. The summed E-state index contributed by atoms with van der Waals surface area (Å²) in [5, 5.41) is 0. The topological polar surface area (TPSA) is 44.8 Å². The van der Waals surface area contributed by atoms with Crippen molar-refractivity contribution in [3.8, 4) is 28.4 Å². The number of carbonyl (C=O) groups is 1. The van der Waals surface area contributed by atoms with Gasteiger partial charge in [-0.2, -0.15) is 0 Å². The molecule has 2 aromatic carbocycles. The van der Waals surface area contributed by atoms with E-state index in [2.05, 4.69) is 0 Å². The van der Waals surface area contributed by atoms with Crippen LogP contribution in [-0.4, -0.2) is 26.6 Å². The van der Waals surface area contributed by atoms with Crippen molar-refractivity contribution in [2.75, 3.05) is 20.8 Å². The van der Waals surface area contributed by atoms with Crippen LogP contribution < -0.4 is 14.2 Å². The summed E-state index contributed by atoms with van der Waals surface area (Å²) in [4.78, 5) is 12.1. The minimum absolute atomic E-state index is 0.206. The van der Waals surface area contributed by atoms with Gasteiger partial charge in [0.15, 0.2) is 17.3 Å². The van der Waals surface area contributed by atoms with Crippen LogP contribution in [0.15, 0.2) is 30.3 Å². The van der Waals surface area contributed by atoms with E-state index in [1.165, 1.54) is 0 Å². The predicted molar refractivity (Wildman–Crippen MR) is 97.7 cm³/mol. The van der Waals surface area contributed by atoms with Crippen LogP contribution in [-0.2, 0) is 6.42 Å². The zero-order valence-corrected chi connectivity index (χ0v) is 15.1. The number of hydrogen-bond acceptors (Lipinski definition) is 4. The first-order chi connectivity index (χ1) is 12.1. The Hall–Kier alpha value is -2.49. The number of carbonyl (C=O) groups excluding carboxylic acids is 1. The minimum atomic E-state index is 0.206. The van der Waals surface area contributed by atoms with Gasteiger partial charge >= 0.3 is 0 Å². The molecular weight excluding hydrogens is 316 g/mol. The molecule has 25 heavy (non-hydrogen) atoms. The molecule has 0 fully saturated rings. The molecule has 4 heteroatoms. The second kappa shape index (κ2) is 7.18. The maximum absolute atomic E-state index is 12.1. The molecule has 0 spiro atoms. The van der Waals surface area contributed by atoms with Gasteiger partial charge in [-0.3, -0.25) is 4.79 Å². The van der Waals surface area contributed by atoms with Crippen LogP contribution >= 0.6 is 0 Å². The highest BCUT2D eigenvalue weighted by molar-refractivity contribution is 6.02. The van der Waals surface area contributed by atoms with Crippen LogP contribution in [0.5, 0.6) is 17.2 Å². The van der Waals surface area contributed by atoms with Crippen molar-refractivity contribution < 1.29 is 19.0 Å². The van der Waals surface area contributed by atoms with E-state index in [1.54, 1.807) is 14.2 Å². The Kier molecular flexibility index (Phi) is 4.98. The zero-order valence-electron chi connectivity index (χ0n) is 15.1. The van der Waals surface area contributed by atoms with Crippen molar-refractivity contribution in [3.05, 3.63) is 47.4 Å². The molecule has 0 atom stereocenters. The maximum Gasteiger partial charge on any atom is 0.203 e. The first kappa shape index (κ1) is 17.3. The molecule has 0 aromatic heterocycles. The Morgan fingerprint density at radius 1 is 0.920 bits per heavy atom. The molecule has 0 N–H and O–H groups in total. The fourth-order valence-corrected chi connectivity index (χ4v) is 3.21. The number of ether oxygens (including phenoxy) is 3. The van der Waals surface area contributed by atoms with E-state index < -0.39 is 0 Å². The van der Waals surface area contributed by atoms with E-state index in [4.69, 9.17) is 14.2 Å². The molecule has 1 aliphatic carbocycles. The fraction of sp³-hybridized carbons (Fsp3) is 0.333. The summed E-state index contributed by atoms with van der Waals surface area (Å²) in [6, 6.07) is 9.71. The molecule has 0 aliphatic heterocycles. The summed E-state index contributed by atoms with van der Waals surface area (Å²) < 4.78 is 17.1. The first-order valence-corrected chi connectivity index (χ1v) is 8.39. The van der Waals surface area contributed by atoms with Crippen molar-refractivity contribution in [2.45, 2.75) is 26.7 Å². The van der Waals surface area contributed by atoms with Crippen molar-refractivity contribution in [1.29, 1.82) is 0 Å². The fourth-order valence-electron chi connectivity index (χ4n) is 3.21. The molecule has 0 bridgehead atoms. The molecule has 0 saturated heterocycles. The molecule has 131 valence electrons. The van der Waals surface area contributed by atoms with E-state index in [9.17, 15) is 4.79 Å². The van der Waals surface area contributed by atoms with E-state index in [0.717, 1.165) is 34.6 Å². The van der Waals surface area contributed by atoms with Gasteiger partial charge in [-0.1, -0.05) is 32.0 Å². The maximum atomic E-state index is 12.1. The van der Waals surface area contributed by atoms with Gasteiger partial charge in [0.25, 0.3) is 0 Å². The normalized spacial score (nSPS) is 13.1. The van der Waals surface area contributed by atoms with Gasteiger partial charge in [0.2, 0.25) is 5.75 Å². The van der Waals surface area contributed by atoms with Crippen molar-refractivity contribution in [3.63, 3.8) is 0 Å². The predicted octanol–water partition coefficient (Wildman–Crippen LogP) is 4.49. The highest BCUT2D eigenvalue weighted by Gasteiger charge is 2.25. The number of ketones is 1. The van der Waals surface area contributed by atoms with Crippen LogP contribution in [0.1, 0.15) is 36.2 Å². The van der Waals surface area contributed by atoms with Crippen molar-refractivity contribution >= 4 is 5.78 Å². The van der Waals surface area contributed by atoms with Crippen LogP contribution in [0.25, 0.3) is 11.1 Å². The van der Waals surface area contributed by atoms with Crippen LogP contribution in [0.2, 0.25) is 0 Å². The van der Waals surface area contributed by atoms with Crippen molar-refractivity contribution in [1.82, 2.24) is 0 Å². The third-order valence-electron chi connectivity index (χ3n) is 4.37. The molecule has 4 nitrogen and oxygen atoms in total. The molecule has 0 heterocycles. The van der Waals surface area contributed by atoms with Gasteiger partial charge in [0.1, 0.15) is 0 Å². The highest BCUT2D eigenvalue weighted by atomic mass is 16.5. The standard InChI is InChI=1S/C21H23O4/c1-13(2)12-25-20-17(9-11-19(23-3)21(20)24-4)14-6-5-7-16-15(14)8-10-18(16)22/h5-7,9,11H,8,10,12H2,1-4H3. The average Bonchev–Trinajstić information content (AvgIpc) is 3.00. The lowest BCUT2D eigenvalue weighted by Gasteiger charge is -2.19. The number of rotatable bonds is 6. The van der Waals surface area contributed by atoms with Gasteiger partial charge in [0.05, 0.1) is 20.8 Å². The summed E-state index contributed by atoms with van der Waals surface area (Å²) in [5.41, 5.74) is 3.84. The average molecular weight is 339 g/mol. The third-order valence-corrected chi connectivity index (χ3v) is 4.37. The SMILES string of the molecule is COc1ccc(-c2cccc3c2CCC3=O)c(OC[C](C)C)c1OC. The highest BCUT2D eigenvalue weighted by Crippen LogP contribution is 2.46. The number of methoxy groups -OCH3 is 2. The molecule has 0 saturated carbocycles. The van der Waals surface area contributed by atoms with Crippen LogP contribution in [0.3, 0.4) is 0 Å². The molecular formula is C21H23O4. The van der Waals surface area contributed by atoms with Gasteiger partial charge in [0, 0.05) is 23.5 Å². The summed E-state index contributed by atoms with van der Waals surface area (Å²) >= 11 is 0. The lowest BCUT2D eigenvalue weighted by Crippen LogP contribution is -2.06. The summed E-state index contributed by atoms with van der Waals surface area (Å²) in [6.45, 7) is 4.53. The Morgan fingerprint density at radius 3 is 2.36 bits per heavy atom. The Morgan fingerprint density at radius 2 is 1.68 bits per heavy atom. The molecule has 1 aliphatic rings. The molecule has 1 radical (unpaired) electrons. The first-order valence-electron chi connectivity index (χ1n) is 8.39. The lowest BCUT2D eigenvalue weighted by molar-refractivity contribution is 0.0994. The van der Waals surface area contributed by atoms with E-state index in [1.807, 2.05) is 44.2 Å². The number of benzene rings is 2. The van der Waals surface area contributed by atoms with E-state index >= 15 is 0 Å². The second-order valence-electron chi connectivity index (χ2n) is 6.43. The Balaban J connectivity index is 2.18. The smallest absolute Gasteiger partial charge is 0.203 e. The van der Waals surface area contributed by atoms with Crippen molar-refractivity contribution in [2.24, 2.45) is 0 Å². The molecule has 0 amide bonds. The molecule has 2 aromatic rings. The van der Waals surface area contributed by atoms with Gasteiger partial charge in [-0.15, -0.1) is 0 Å². The summed E-state index contributed by atoms with van der Waals surface area (Å²) in [7, 11) is 3.22. The molecule has 0 unspecified atom stereocenters. The van der Waals surface area contributed by atoms with Gasteiger partial charge in [-0.25, -0.2) is 0 Å². The number of fused-ring (bicyclic) bond motifs is 1. The summed E-state index contributed by atoms with van der Waals surface area (Å²) in [5.74, 6) is 3.21. The largest absolute Gasteiger partial charge is 0.493 e. The van der Waals surface area contributed by atoms with Crippen LogP contribution in [0, 0.1) is 5.92 Å². The quantitative estimate of drug-likeness (QED) is 0.778. The Bertz CT molecular complexity index is 793. The number of Topliss-reactive ketones (excluding diaryl/α,β-unsaturated/α-hetero) is 1. The van der Waals surface area contributed by atoms with E-state index in [0.29, 0.717) is 30.3 Å². The number of hydrogen-bond donors (Lipinski definition) is 0. The second-order valence-corrected chi connectivity index (χ2v) is 6.43. The zero-order chi connectivity index (χ0) is 18.0. The monoisotopic (exact) mass is 339 g/mol. The van der Waals surface area contributed by atoms with Crippen LogP contribution in [0.4, 0.5) is 0 Å². The lowest BCUT2D eigenvalue weighted by atomic mass is 9.95. The Labute approximate surface area is 148 Å². The van der Waals surface area contributed by atoms with Gasteiger partial charge in [-0.05, 0) is 29.7 Å².